The van der Waals surface area contributed by atoms with Crippen LogP contribution in [0.4, 0.5) is 0 Å². The number of rotatable bonds is 30. The number of hydrogen-bond donors (Lipinski definition) is 6. The number of aliphatic hydroxyl groups is 5. The molecule has 13 nitrogen and oxygen atoms in total. The summed E-state index contributed by atoms with van der Waals surface area (Å²) < 4.78 is 33.3. The van der Waals surface area contributed by atoms with Crippen molar-refractivity contribution >= 4 is 19.8 Å². The first kappa shape index (κ1) is 48.1. The van der Waals surface area contributed by atoms with Gasteiger partial charge in [0.2, 0.25) is 0 Å². The van der Waals surface area contributed by atoms with Crippen LogP contribution in [0.3, 0.4) is 0 Å². The molecule has 6 atom stereocenters. The number of phosphoric ester groups is 1. The van der Waals surface area contributed by atoms with E-state index in [9.17, 15) is 44.6 Å². The molecular weight excluding hydrogens is 695 g/mol. The molecule has 0 aromatic heterocycles. The molecule has 0 aromatic rings. The third kappa shape index (κ3) is 22.3. The molecule has 14 heteroatoms. The minimum Gasteiger partial charge on any atom is -0.462 e. The second-order valence-corrected chi connectivity index (χ2v) is 14.8. The zero-order chi connectivity index (χ0) is 38.6. The van der Waals surface area contributed by atoms with Crippen LogP contribution in [-0.2, 0) is 32.7 Å². The van der Waals surface area contributed by atoms with Crippen molar-refractivity contribution in [2.45, 2.75) is 179 Å². The molecule has 52 heavy (non-hydrogen) atoms. The smallest absolute Gasteiger partial charge is 0.462 e. The van der Waals surface area contributed by atoms with E-state index in [2.05, 4.69) is 50.3 Å². The van der Waals surface area contributed by atoms with Gasteiger partial charge >= 0.3 is 19.8 Å². The van der Waals surface area contributed by atoms with Gasteiger partial charge in [0.1, 0.15) is 43.2 Å². The van der Waals surface area contributed by atoms with E-state index in [0.29, 0.717) is 12.8 Å². The third-order valence-corrected chi connectivity index (χ3v) is 9.73. The average molecular weight is 763 g/mol. The van der Waals surface area contributed by atoms with Crippen LogP contribution in [0.15, 0.2) is 36.5 Å². The molecule has 0 heterocycles. The van der Waals surface area contributed by atoms with E-state index in [1.165, 1.54) is 38.5 Å². The van der Waals surface area contributed by atoms with Crippen molar-refractivity contribution in [3.05, 3.63) is 36.5 Å². The first-order valence-electron chi connectivity index (χ1n) is 19.3. The van der Waals surface area contributed by atoms with E-state index in [1.807, 2.05) is 0 Å². The standard InChI is InChI=1S/C38H67O13P/c1-3-5-7-9-11-13-15-16-17-19-21-23-25-27-32(40)50-30(28-48-31(39)26-24-22-20-18-14-12-10-8-6-4-2)29-49-52(46,47)51-38-36(44)34(42)33(41)35(43)37(38)45/h5,7,11,13,16-17,30,33-38,41-45H,3-4,6,8-10,12,14-15,18-29H2,1-2H3,(H,46,47)/b7-5-,13-11-,17-16-. The number of aliphatic hydroxyl groups excluding tert-OH is 5. The predicted molar refractivity (Wildman–Crippen MR) is 198 cm³/mol. The maximum Gasteiger partial charge on any atom is 0.472 e. The van der Waals surface area contributed by atoms with E-state index in [0.717, 1.165) is 57.8 Å². The lowest BCUT2D eigenvalue weighted by Gasteiger charge is -2.41. The molecule has 0 aromatic carbocycles. The molecule has 0 bridgehead atoms. The molecule has 1 fully saturated rings. The number of ether oxygens (including phenoxy) is 2. The number of allylic oxidation sites excluding steroid dienone is 6. The highest BCUT2D eigenvalue weighted by Gasteiger charge is 2.51. The fraction of sp³-hybridized carbons (Fsp3) is 0.789. The summed E-state index contributed by atoms with van der Waals surface area (Å²) in [4.78, 5) is 35.4. The molecule has 0 amide bonds. The second-order valence-electron chi connectivity index (χ2n) is 13.4. The Labute approximate surface area is 310 Å². The molecule has 1 saturated carbocycles. The van der Waals surface area contributed by atoms with Crippen molar-refractivity contribution < 1.29 is 63.1 Å². The number of carbonyl (C=O) groups is 2. The summed E-state index contributed by atoms with van der Waals surface area (Å²) in [6.07, 6.45) is 16.6. The Hall–Kier alpha value is -1.93. The topological polar surface area (TPSA) is 210 Å². The first-order chi connectivity index (χ1) is 24.9. The lowest BCUT2D eigenvalue weighted by Crippen LogP contribution is -2.64. The summed E-state index contributed by atoms with van der Waals surface area (Å²) >= 11 is 0. The van der Waals surface area contributed by atoms with Crippen LogP contribution in [0, 0.1) is 0 Å². The summed E-state index contributed by atoms with van der Waals surface area (Å²) in [6.45, 7) is 3.10. The van der Waals surface area contributed by atoms with Gasteiger partial charge in [0, 0.05) is 12.8 Å². The minimum atomic E-state index is -5.11. The lowest BCUT2D eigenvalue weighted by molar-refractivity contribution is -0.220. The van der Waals surface area contributed by atoms with Crippen molar-refractivity contribution in [3.8, 4) is 0 Å². The van der Waals surface area contributed by atoms with Crippen LogP contribution in [0.2, 0.25) is 0 Å². The number of phosphoric acid groups is 1. The fourth-order valence-corrected chi connectivity index (χ4v) is 6.57. The molecule has 1 aliphatic carbocycles. The number of esters is 2. The highest BCUT2D eigenvalue weighted by Crippen LogP contribution is 2.47. The van der Waals surface area contributed by atoms with E-state index in [4.69, 9.17) is 18.5 Å². The van der Waals surface area contributed by atoms with Gasteiger partial charge in [-0.1, -0.05) is 115 Å². The van der Waals surface area contributed by atoms with E-state index in [1.54, 1.807) is 0 Å². The summed E-state index contributed by atoms with van der Waals surface area (Å²) in [7, 11) is -5.11. The van der Waals surface area contributed by atoms with E-state index in [-0.39, 0.29) is 12.8 Å². The Morgan fingerprint density at radius 3 is 1.67 bits per heavy atom. The van der Waals surface area contributed by atoms with Gasteiger partial charge < -0.3 is 39.9 Å². The first-order valence-corrected chi connectivity index (χ1v) is 20.8. The Morgan fingerprint density at radius 2 is 1.10 bits per heavy atom. The third-order valence-electron chi connectivity index (χ3n) is 8.75. The maximum atomic E-state index is 12.7. The zero-order valence-corrected chi connectivity index (χ0v) is 32.2. The van der Waals surface area contributed by atoms with Crippen LogP contribution >= 0.6 is 7.82 Å². The molecule has 1 aliphatic rings. The Morgan fingerprint density at radius 1 is 0.615 bits per heavy atom. The van der Waals surface area contributed by atoms with Crippen molar-refractivity contribution in [3.63, 3.8) is 0 Å². The molecule has 6 unspecified atom stereocenters. The van der Waals surface area contributed by atoms with Gasteiger partial charge in [-0.05, 0) is 44.9 Å². The summed E-state index contributed by atoms with van der Waals surface area (Å²) in [6, 6.07) is 0. The quantitative estimate of drug-likeness (QED) is 0.0219. The Kier molecular flexibility index (Phi) is 27.2. The molecule has 0 saturated heterocycles. The van der Waals surface area contributed by atoms with Crippen LogP contribution in [-0.4, -0.2) is 98.3 Å². The van der Waals surface area contributed by atoms with Gasteiger partial charge in [-0.25, -0.2) is 4.57 Å². The van der Waals surface area contributed by atoms with Gasteiger partial charge in [0.15, 0.2) is 6.10 Å². The van der Waals surface area contributed by atoms with Crippen LogP contribution < -0.4 is 0 Å². The average Bonchev–Trinajstić information content (AvgIpc) is 3.12. The van der Waals surface area contributed by atoms with Crippen molar-refractivity contribution in [1.82, 2.24) is 0 Å². The predicted octanol–water partition coefficient (Wildman–Crippen LogP) is 5.88. The molecule has 0 spiro atoms. The minimum absolute atomic E-state index is 0.0621. The summed E-state index contributed by atoms with van der Waals surface area (Å²) in [5.74, 6) is -1.14. The SMILES string of the molecule is CC/C=C\C/C=C\C/C=C\CCCCCC(=O)OC(COC(=O)CCCCCCCCCCCC)COP(=O)(O)OC1C(O)C(O)C(O)C(O)C1O. The number of carbonyl (C=O) groups excluding carboxylic acids is 2. The monoisotopic (exact) mass is 762 g/mol. The van der Waals surface area contributed by atoms with E-state index >= 15 is 0 Å². The Bertz CT molecular complexity index is 1070. The molecule has 0 aliphatic heterocycles. The van der Waals surface area contributed by atoms with Gasteiger partial charge in [0.25, 0.3) is 0 Å². The molecule has 302 valence electrons. The lowest BCUT2D eigenvalue weighted by atomic mass is 9.85. The van der Waals surface area contributed by atoms with Crippen molar-refractivity contribution in [2.75, 3.05) is 13.2 Å². The highest BCUT2D eigenvalue weighted by atomic mass is 31.2. The molecule has 6 N–H and O–H groups in total. The van der Waals surface area contributed by atoms with Crippen LogP contribution in [0.1, 0.15) is 136 Å². The summed E-state index contributed by atoms with van der Waals surface area (Å²) in [5, 5.41) is 49.9. The van der Waals surface area contributed by atoms with Crippen LogP contribution in [0.25, 0.3) is 0 Å². The fourth-order valence-electron chi connectivity index (χ4n) is 5.59. The van der Waals surface area contributed by atoms with Crippen molar-refractivity contribution in [1.29, 1.82) is 0 Å². The van der Waals surface area contributed by atoms with Gasteiger partial charge in [-0.15, -0.1) is 0 Å². The molecular formula is C38H67O13P. The highest BCUT2D eigenvalue weighted by molar-refractivity contribution is 7.47. The number of hydrogen-bond acceptors (Lipinski definition) is 12. The zero-order valence-electron chi connectivity index (χ0n) is 31.3. The summed E-state index contributed by atoms with van der Waals surface area (Å²) in [5.41, 5.74) is 0. The van der Waals surface area contributed by atoms with Gasteiger partial charge in [-0.3, -0.25) is 18.6 Å². The largest absolute Gasteiger partial charge is 0.472 e. The maximum absolute atomic E-state index is 12.7. The van der Waals surface area contributed by atoms with Gasteiger partial charge in [0.05, 0.1) is 6.61 Å². The molecule has 1 rings (SSSR count). The normalized spacial score (nSPS) is 24.1. The van der Waals surface area contributed by atoms with Crippen LogP contribution in [0.5, 0.6) is 0 Å². The van der Waals surface area contributed by atoms with E-state index < -0.39 is 75.7 Å². The van der Waals surface area contributed by atoms with Gasteiger partial charge in [-0.2, -0.15) is 0 Å². The second kappa shape index (κ2) is 29.4. The van der Waals surface area contributed by atoms with Crippen molar-refractivity contribution in [2.24, 2.45) is 0 Å². The number of unbranched alkanes of at least 4 members (excludes halogenated alkanes) is 12. The molecule has 0 radical (unpaired) electrons. The Balaban J connectivity index is 2.58.